The number of methoxy groups -OCH3 is 1. The third kappa shape index (κ3) is 2.69. The normalized spacial score (nSPS) is 10.4. The molecule has 0 N–H and O–H groups in total. The first-order valence-electron chi connectivity index (χ1n) is 6.47. The first-order valence-corrected chi connectivity index (χ1v) is 6.47. The molecule has 4 nitrogen and oxygen atoms in total. The van der Waals surface area contributed by atoms with Crippen LogP contribution in [-0.2, 0) is 6.54 Å². The van der Waals surface area contributed by atoms with Gasteiger partial charge in [0, 0.05) is 5.10 Å². The Kier molecular flexibility index (Phi) is 3.46. The summed E-state index contributed by atoms with van der Waals surface area (Å²) in [5, 5.41) is 4.38. The molecule has 0 spiro atoms. The highest BCUT2D eigenvalue weighted by Gasteiger charge is 2.08. The predicted octanol–water partition coefficient (Wildman–Crippen LogP) is 2.22. The molecule has 0 atom stereocenters. The number of hydrogen-bond donors (Lipinski definition) is 0. The van der Waals surface area contributed by atoms with E-state index in [0.717, 1.165) is 18.0 Å². The minimum absolute atomic E-state index is 0.768. The van der Waals surface area contributed by atoms with Gasteiger partial charge in [-0.15, -0.1) is 4.68 Å². The van der Waals surface area contributed by atoms with Crippen LogP contribution in [0.3, 0.4) is 0 Å². The van der Waals surface area contributed by atoms with Crippen LogP contribution in [0.15, 0.2) is 67.3 Å². The molecular weight excluding hydrogens is 250 g/mol. The van der Waals surface area contributed by atoms with Gasteiger partial charge in [0.05, 0.1) is 7.11 Å². The molecule has 0 aliphatic rings. The average Bonchev–Trinajstić information content (AvgIpc) is 2.97. The van der Waals surface area contributed by atoms with Crippen molar-refractivity contribution in [3.05, 3.63) is 72.8 Å². The molecule has 0 unspecified atom stereocenters. The minimum atomic E-state index is 0.768. The molecule has 100 valence electrons. The quantitative estimate of drug-likeness (QED) is 0.678. The van der Waals surface area contributed by atoms with Crippen LogP contribution >= 0.6 is 0 Å². The minimum Gasteiger partial charge on any atom is -0.497 e. The fourth-order valence-corrected chi connectivity index (χ4v) is 2.07. The van der Waals surface area contributed by atoms with E-state index in [9.17, 15) is 0 Å². The summed E-state index contributed by atoms with van der Waals surface area (Å²) in [6.07, 6.45) is 3.79. The summed E-state index contributed by atoms with van der Waals surface area (Å²) in [6, 6.07) is 18.2. The monoisotopic (exact) mass is 266 g/mol. The zero-order chi connectivity index (χ0) is 13.8. The Hall–Kier alpha value is -2.62. The molecule has 0 amide bonds. The molecule has 0 saturated heterocycles. The Bertz CT molecular complexity index is 674. The predicted molar refractivity (Wildman–Crippen MR) is 75.9 cm³/mol. The Morgan fingerprint density at radius 3 is 2.50 bits per heavy atom. The molecule has 2 aromatic carbocycles. The molecule has 0 aliphatic carbocycles. The van der Waals surface area contributed by atoms with Crippen molar-refractivity contribution in [3.8, 4) is 11.4 Å². The lowest BCUT2D eigenvalue weighted by atomic mass is 10.2. The summed E-state index contributed by atoms with van der Waals surface area (Å²) in [5.74, 6) is 0.853. The molecule has 3 rings (SSSR count). The second kappa shape index (κ2) is 5.57. The first kappa shape index (κ1) is 12.4. The van der Waals surface area contributed by atoms with Crippen LogP contribution in [0, 0.1) is 0 Å². The molecule has 0 fully saturated rings. The van der Waals surface area contributed by atoms with Crippen molar-refractivity contribution in [2.75, 3.05) is 7.11 Å². The number of ether oxygens (including phenoxy) is 1. The highest BCUT2D eigenvalue weighted by Crippen LogP contribution is 2.10. The second-order valence-corrected chi connectivity index (χ2v) is 4.53. The molecule has 1 heterocycles. The van der Waals surface area contributed by atoms with Gasteiger partial charge < -0.3 is 4.74 Å². The average molecular weight is 266 g/mol. The van der Waals surface area contributed by atoms with Crippen molar-refractivity contribution in [1.29, 1.82) is 0 Å². The maximum absolute atomic E-state index is 5.16. The van der Waals surface area contributed by atoms with E-state index < -0.39 is 0 Å². The van der Waals surface area contributed by atoms with E-state index in [4.69, 9.17) is 4.74 Å². The van der Waals surface area contributed by atoms with Crippen LogP contribution < -0.4 is 9.30 Å². The number of aromatic nitrogens is 3. The number of nitrogens with zero attached hydrogens (tertiary/aromatic N) is 3. The Morgan fingerprint density at radius 2 is 1.80 bits per heavy atom. The standard InChI is InChI=1S/C16H16N3O/c1-20-16-9-7-15(8-10-16)18-12-17-19(13-18)11-14-5-3-2-4-6-14/h2-10,12-13H,11H2,1H3/q+1. The largest absolute Gasteiger partial charge is 0.497 e. The van der Waals surface area contributed by atoms with Gasteiger partial charge in [0.1, 0.15) is 18.0 Å². The van der Waals surface area contributed by atoms with E-state index in [1.807, 2.05) is 64.4 Å². The fourth-order valence-electron chi connectivity index (χ4n) is 2.07. The summed E-state index contributed by atoms with van der Waals surface area (Å²) in [4.78, 5) is 0. The van der Waals surface area contributed by atoms with E-state index in [1.165, 1.54) is 5.56 Å². The van der Waals surface area contributed by atoms with Crippen molar-refractivity contribution >= 4 is 0 Å². The van der Waals surface area contributed by atoms with Crippen molar-refractivity contribution < 1.29 is 9.30 Å². The van der Waals surface area contributed by atoms with Crippen LogP contribution in [0.4, 0.5) is 0 Å². The lowest BCUT2D eigenvalue weighted by Crippen LogP contribution is -2.27. The van der Waals surface area contributed by atoms with Crippen molar-refractivity contribution in [2.24, 2.45) is 0 Å². The molecule has 3 aromatic rings. The van der Waals surface area contributed by atoms with Crippen LogP contribution in [0.1, 0.15) is 5.56 Å². The summed E-state index contributed by atoms with van der Waals surface area (Å²) >= 11 is 0. The fraction of sp³-hybridized carbons (Fsp3) is 0.125. The van der Waals surface area contributed by atoms with Crippen LogP contribution in [0.25, 0.3) is 5.69 Å². The molecule has 4 heteroatoms. The van der Waals surface area contributed by atoms with Crippen LogP contribution in [-0.4, -0.2) is 16.9 Å². The van der Waals surface area contributed by atoms with Gasteiger partial charge in [-0.2, -0.15) is 0 Å². The molecule has 0 saturated carbocycles. The SMILES string of the molecule is COc1ccc(-[n+]2cnn(Cc3ccccc3)c2)cc1. The lowest BCUT2D eigenvalue weighted by Gasteiger charge is -1.99. The van der Waals surface area contributed by atoms with Gasteiger partial charge >= 0.3 is 0 Å². The van der Waals surface area contributed by atoms with E-state index in [-0.39, 0.29) is 0 Å². The third-order valence-corrected chi connectivity index (χ3v) is 3.14. The van der Waals surface area contributed by atoms with Gasteiger partial charge in [-0.3, -0.25) is 0 Å². The van der Waals surface area contributed by atoms with Gasteiger partial charge in [0.15, 0.2) is 0 Å². The Labute approximate surface area is 117 Å². The first-order chi connectivity index (χ1) is 9.85. The van der Waals surface area contributed by atoms with Crippen molar-refractivity contribution in [2.45, 2.75) is 6.54 Å². The zero-order valence-electron chi connectivity index (χ0n) is 11.3. The maximum atomic E-state index is 5.16. The van der Waals surface area contributed by atoms with Gasteiger partial charge in [-0.25, -0.2) is 4.57 Å². The van der Waals surface area contributed by atoms with E-state index in [0.29, 0.717) is 0 Å². The Morgan fingerprint density at radius 1 is 1.05 bits per heavy atom. The Balaban J connectivity index is 1.79. The summed E-state index contributed by atoms with van der Waals surface area (Å²) in [7, 11) is 1.67. The topological polar surface area (TPSA) is 30.9 Å². The smallest absolute Gasteiger partial charge is 0.270 e. The third-order valence-electron chi connectivity index (χ3n) is 3.14. The summed E-state index contributed by atoms with van der Waals surface area (Å²) < 4.78 is 9.06. The van der Waals surface area contributed by atoms with E-state index >= 15 is 0 Å². The number of hydrogen-bond acceptors (Lipinski definition) is 2. The van der Waals surface area contributed by atoms with Crippen molar-refractivity contribution in [1.82, 2.24) is 9.78 Å². The van der Waals surface area contributed by atoms with Gasteiger partial charge in [-0.05, 0) is 29.8 Å². The van der Waals surface area contributed by atoms with Gasteiger partial charge in [0.25, 0.3) is 6.33 Å². The maximum Gasteiger partial charge on any atom is 0.270 e. The van der Waals surface area contributed by atoms with Crippen LogP contribution in [0.5, 0.6) is 5.75 Å². The molecular formula is C16H16N3O+. The number of benzene rings is 2. The van der Waals surface area contributed by atoms with Gasteiger partial charge in [0.2, 0.25) is 6.33 Å². The number of rotatable bonds is 4. The lowest BCUT2D eigenvalue weighted by molar-refractivity contribution is -0.596. The molecule has 20 heavy (non-hydrogen) atoms. The van der Waals surface area contributed by atoms with Crippen LogP contribution in [0.2, 0.25) is 0 Å². The molecule has 0 bridgehead atoms. The summed E-state index contributed by atoms with van der Waals surface area (Å²) in [5.41, 5.74) is 2.29. The highest BCUT2D eigenvalue weighted by atomic mass is 16.5. The zero-order valence-corrected chi connectivity index (χ0v) is 11.3. The van der Waals surface area contributed by atoms with E-state index in [2.05, 4.69) is 17.2 Å². The summed E-state index contributed by atoms with van der Waals surface area (Å²) in [6.45, 7) is 0.768. The molecule has 0 aliphatic heterocycles. The second-order valence-electron chi connectivity index (χ2n) is 4.53. The van der Waals surface area contributed by atoms with E-state index in [1.54, 1.807) is 7.11 Å². The van der Waals surface area contributed by atoms with Gasteiger partial charge in [-0.1, -0.05) is 30.3 Å². The highest BCUT2D eigenvalue weighted by molar-refractivity contribution is 5.31. The molecule has 1 aromatic heterocycles. The van der Waals surface area contributed by atoms with Crippen molar-refractivity contribution in [3.63, 3.8) is 0 Å². The molecule has 0 radical (unpaired) electrons.